The molecular weight excluding hydrogens is 204 g/mol. The number of rotatable bonds is 3. The molecule has 1 aliphatic carbocycles. The van der Waals surface area contributed by atoms with Crippen LogP contribution in [0.1, 0.15) is 23.6 Å². The lowest BCUT2D eigenvalue weighted by Crippen LogP contribution is -1.89. The SMILES string of the molecule is CCc1ccccc1C1=C[C]1c1ccccc1. The van der Waals surface area contributed by atoms with Crippen LogP contribution in [-0.2, 0) is 6.42 Å². The normalized spacial score (nSPS) is 14.5. The van der Waals surface area contributed by atoms with Gasteiger partial charge in [-0.05, 0) is 28.7 Å². The second-order valence-corrected chi connectivity index (χ2v) is 4.35. The van der Waals surface area contributed by atoms with Crippen molar-refractivity contribution >= 4 is 5.57 Å². The molecule has 0 spiro atoms. The molecule has 0 heteroatoms. The summed E-state index contributed by atoms with van der Waals surface area (Å²) in [5.41, 5.74) is 5.57. The van der Waals surface area contributed by atoms with Crippen LogP contribution in [0.4, 0.5) is 0 Å². The minimum atomic E-state index is 1.09. The van der Waals surface area contributed by atoms with Crippen LogP contribution in [0, 0.1) is 5.92 Å². The number of aryl methyl sites for hydroxylation is 1. The van der Waals surface area contributed by atoms with Gasteiger partial charge in [0.1, 0.15) is 0 Å². The van der Waals surface area contributed by atoms with Crippen LogP contribution in [0.25, 0.3) is 5.57 Å². The Balaban J connectivity index is 1.87. The monoisotopic (exact) mass is 219 g/mol. The minimum absolute atomic E-state index is 1.09. The van der Waals surface area contributed by atoms with Crippen LogP contribution in [0.5, 0.6) is 0 Å². The first-order valence-electron chi connectivity index (χ1n) is 6.13. The highest BCUT2D eigenvalue weighted by Gasteiger charge is 2.29. The molecule has 0 aromatic heterocycles. The molecule has 83 valence electrons. The van der Waals surface area contributed by atoms with Gasteiger partial charge in [0.15, 0.2) is 0 Å². The van der Waals surface area contributed by atoms with Gasteiger partial charge in [-0.1, -0.05) is 67.6 Å². The maximum absolute atomic E-state index is 2.28. The smallest absolute Gasteiger partial charge is 0.0564 e. The molecule has 0 unspecified atom stereocenters. The third-order valence-corrected chi connectivity index (χ3v) is 3.27. The van der Waals surface area contributed by atoms with E-state index in [2.05, 4.69) is 67.6 Å². The van der Waals surface area contributed by atoms with Crippen LogP contribution in [0.2, 0.25) is 0 Å². The lowest BCUT2D eigenvalue weighted by Gasteiger charge is -2.06. The highest BCUT2D eigenvalue weighted by molar-refractivity contribution is 5.98. The third-order valence-electron chi connectivity index (χ3n) is 3.27. The van der Waals surface area contributed by atoms with E-state index in [1.807, 2.05) is 0 Å². The van der Waals surface area contributed by atoms with E-state index in [0.717, 1.165) is 6.42 Å². The quantitative estimate of drug-likeness (QED) is 0.723. The second kappa shape index (κ2) is 4.21. The van der Waals surface area contributed by atoms with Gasteiger partial charge in [0.05, 0.1) is 5.92 Å². The number of benzene rings is 2. The molecule has 0 N–H and O–H groups in total. The van der Waals surface area contributed by atoms with Gasteiger partial charge < -0.3 is 0 Å². The van der Waals surface area contributed by atoms with Gasteiger partial charge in [-0.3, -0.25) is 0 Å². The maximum Gasteiger partial charge on any atom is 0.0564 e. The van der Waals surface area contributed by atoms with E-state index in [1.54, 1.807) is 0 Å². The van der Waals surface area contributed by atoms with E-state index in [9.17, 15) is 0 Å². The van der Waals surface area contributed by atoms with Crippen LogP contribution in [0.15, 0.2) is 60.7 Å². The Morgan fingerprint density at radius 1 is 0.824 bits per heavy atom. The van der Waals surface area contributed by atoms with Crippen molar-refractivity contribution in [1.82, 2.24) is 0 Å². The van der Waals surface area contributed by atoms with Gasteiger partial charge in [-0.2, -0.15) is 0 Å². The van der Waals surface area contributed by atoms with Gasteiger partial charge in [0, 0.05) is 0 Å². The number of allylic oxidation sites excluding steroid dienone is 2. The molecule has 1 radical (unpaired) electrons. The van der Waals surface area contributed by atoms with E-state index in [1.165, 1.54) is 28.2 Å². The predicted octanol–water partition coefficient (Wildman–Crippen LogP) is 4.27. The fraction of sp³-hybridized carbons (Fsp3) is 0.118. The molecular formula is C17H15. The van der Waals surface area contributed by atoms with Crippen molar-refractivity contribution in [2.24, 2.45) is 0 Å². The van der Waals surface area contributed by atoms with Crippen molar-refractivity contribution in [2.45, 2.75) is 13.3 Å². The highest BCUT2D eigenvalue weighted by atomic mass is 14.3. The molecule has 0 saturated carbocycles. The number of hydrogen-bond donors (Lipinski definition) is 0. The maximum atomic E-state index is 2.28. The molecule has 0 bridgehead atoms. The fourth-order valence-electron chi connectivity index (χ4n) is 2.28. The van der Waals surface area contributed by atoms with Crippen molar-refractivity contribution < 1.29 is 0 Å². The first-order chi connectivity index (χ1) is 8.40. The van der Waals surface area contributed by atoms with Crippen molar-refractivity contribution in [2.75, 3.05) is 0 Å². The van der Waals surface area contributed by atoms with Gasteiger partial charge >= 0.3 is 0 Å². The topological polar surface area (TPSA) is 0 Å². The van der Waals surface area contributed by atoms with Gasteiger partial charge in [0.25, 0.3) is 0 Å². The Labute approximate surface area is 103 Å². The minimum Gasteiger partial charge on any atom is -0.0629 e. The lowest BCUT2D eigenvalue weighted by atomic mass is 9.98. The van der Waals surface area contributed by atoms with E-state index in [0.29, 0.717) is 0 Å². The second-order valence-electron chi connectivity index (χ2n) is 4.35. The Hall–Kier alpha value is -1.82. The standard InChI is InChI=1S/C17H15/c1-2-13-8-6-7-11-15(13)17-12-16(17)14-9-4-3-5-10-14/h3-12H,2H2,1H3. The zero-order valence-corrected chi connectivity index (χ0v) is 9.98. The molecule has 0 amide bonds. The number of hydrogen-bond acceptors (Lipinski definition) is 0. The fourth-order valence-corrected chi connectivity index (χ4v) is 2.28. The van der Waals surface area contributed by atoms with Crippen molar-refractivity contribution in [3.8, 4) is 0 Å². The van der Waals surface area contributed by atoms with Crippen LogP contribution < -0.4 is 0 Å². The molecule has 2 aromatic carbocycles. The zero-order chi connectivity index (χ0) is 11.7. The molecule has 0 nitrogen and oxygen atoms in total. The molecule has 0 heterocycles. The summed E-state index contributed by atoms with van der Waals surface area (Å²) < 4.78 is 0. The molecule has 0 fully saturated rings. The molecule has 0 aliphatic heterocycles. The summed E-state index contributed by atoms with van der Waals surface area (Å²) in [5, 5.41) is 0. The molecule has 3 rings (SSSR count). The lowest BCUT2D eigenvalue weighted by molar-refractivity contribution is 1.13. The molecule has 17 heavy (non-hydrogen) atoms. The van der Waals surface area contributed by atoms with Gasteiger partial charge in [-0.15, -0.1) is 0 Å². The highest BCUT2D eigenvalue weighted by Crippen LogP contribution is 2.46. The Bertz CT molecular complexity index is 549. The van der Waals surface area contributed by atoms with Gasteiger partial charge in [0.2, 0.25) is 0 Å². The van der Waals surface area contributed by atoms with E-state index >= 15 is 0 Å². The first-order valence-corrected chi connectivity index (χ1v) is 6.13. The molecule has 1 aliphatic rings. The first kappa shape index (κ1) is 10.3. The van der Waals surface area contributed by atoms with Crippen molar-refractivity contribution in [1.29, 1.82) is 0 Å². The van der Waals surface area contributed by atoms with E-state index in [4.69, 9.17) is 0 Å². The van der Waals surface area contributed by atoms with Gasteiger partial charge in [-0.25, -0.2) is 0 Å². The molecule has 0 atom stereocenters. The summed E-state index contributed by atoms with van der Waals surface area (Å²) in [7, 11) is 0. The summed E-state index contributed by atoms with van der Waals surface area (Å²) in [6.45, 7) is 2.21. The van der Waals surface area contributed by atoms with Crippen LogP contribution >= 0.6 is 0 Å². The van der Waals surface area contributed by atoms with Crippen molar-refractivity contribution in [3.63, 3.8) is 0 Å². The average molecular weight is 219 g/mol. The molecule has 0 saturated heterocycles. The summed E-state index contributed by atoms with van der Waals surface area (Å²) in [5.74, 6) is 1.39. The van der Waals surface area contributed by atoms with Crippen LogP contribution in [0.3, 0.4) is 0 Å². The average Bonchev–Trinajstić information content (AvgIpc) is 3.20. The largest absolute Gasteiger partial charge is 0.0629 e. The van der Waals surface area contributed by atoms with Crippen molar-refractivity contribution in [3.05, 3.63) is 83.3 Å². The zero-order valence-electron chi connectivity index (χ0n) is 9.98. The summed E-state index contributed by atoms with van der Waals surface area (Å²) in [6.07, 6.45) is 3.37. The Morgan fingerprint density at radius 3 is 2.29 bits per heavy atom. The van der Waals surface area contributed by atoms with E-state index < -0.39 is 0 Å². The summed E-state index contributed by atoms with van der Waals surface area (Å²) >= 11 is 0. The Morgan fingerprint density at radius 2 is 1.53 bits per heavy atom. The van der Waals surface area contributed by atoms with E-state index in [-0.39, 0.29) is 0 Å². The summed E-state index contributed by atoms with van der Waals surface area (Å²) in [4.78, 5) is 0. The molecule has 2 aromatic rings. The third kappa shape index (κ3) is 1.91. The van der Waals surface area contributed by atoms with Crippen LogP contribution in [-0.4, -0.2) is 0 Å². The summed E-state index contributed by atoms with van der Waals surface area (Å²) in [6, 6.07) is 19.3. The Kier molecular flexibility index (Phi) is 2.56. The predicted molar refractivity (Wildman–Crippen MR) is 72.6 cm³/mol.